The zero-order valence-corrected chi connectivity index (χ0v) is 14.5. The van der Waals surface area contributed by atoms with Crippen LogP contribution in [-0.2, 0) is 23.6 Å². The number of hydrogen-bond acceptors (Lipinski definition) is 3. The first kappa shape index (κ1) is 20.2. The molecule has 1 aliphatic heterocycles. The molecular formula is C19H16F6N2O. The van der Waals surface area contributed by atoms with E-state index in [-0.39, 0.29) is 17.9 Å². The van der Waals surface area contributed by atoms with Gasteiger partial charge in [0.25, 0.3) is 0 Å². The fraction of sp³-hybridized carbons (Fsp3) is 0.368. The third-order valence-electron chi connectivity index (χ3n) is 4.66. The summed E-state index contributed by atoms with van der Waals surface area (Å²) in [4.78, 5) is 18.1. The van der Waals surface area contributed by atoms with E-state index in [1.54, 1.807) is 4.90 Å². The molecule has 2 aromatic rings. The van der Waals surface area contributed by atoms with Crippen molar-refractivity contribution in [1.82, 2.24) is 4.98 Å². The van der Waals surface area contributed by atoms with Gasteiger partial charge < -0.3 is 4.90 Å². The van der Waals surface area contributed by atoms with Crippen LogP contribution < -0.4 is 4.90 Å². The largest absolute Gasteiger partial charge is 0.417 e. The molecule has 0 unspecified atom stereocenters. The summed E-state index contributed by atoms with van der Waals surface area (Å²) < 4.78 is 75.9. The van der Waals surface area contributed by atoms with E-state index in [0.717, 1.165) is 24.3 Å². The van der Waals surface area contributed by atoms with Crippen molar-refractivity contribution in [3.8, 4) is 0 Å². The minimum absolute atomic E-state index is 0.139. The maximum Gasteiger partial charge on any atom is 0.417 e. The SMILES string of the molecule is O=C(Cc1ccc(C(F)(F)F)cn1)[C@@H]1CCCN1c1ccc(C(F)(F)F)cc1. The summed E-state index contributed by atoms with van der Waals surface area (Å²) in [6.45, 7) is 0.516. The molecule has 3 rings (SSSR count). The molecule has 0 spiro atoms. The number of anilines is 1. The smallest absolute Gasteiger partial charge is 0.361 e. The first-order valence-corrected chi connectivity index (χ1v) is 8.54. The number of ketones is 1. The van der Waals surface area contributed by atoms with Crippen molar-refractivity contribution in [2.75, 3.05) is 11.4 Å². The van der Waals surface area contributed by atoms with Gasteiger partial charge in [-0.2, -0.15) is 26.3 Å². The Morgan fingerprint density at radius 1 is 0.964 bits per heavy atom. The van der Waals surface area contributed by atoms with Gasteiger partial charge in [-0.1, -0.05) is 0 Å². The topological polar surface area (TPSA) is 33.2 Å². The van der Waals surface area contributed by atoms with Crippen molar-refractivity contribution in [2.45, 2.75) is 37.7 Å². The molecule has 0 saturated carbocycles. The Balaban J connectivity index is 1.71. The maximum atomic E-state index is 12.7. The average Bonchev–Trinajstić information content (AvgIpc) is 3.10. The molecule has 28 heavy (non-hydrogen) atoms. The Morgan fingerprint density at radius 2 is 1.57 bits per heavy atom. The number of hydrogen-bond donors (Lipinski definition) is 0. The van der Waals surface area contributed by atoms with Crippen LogP contribution in [0.15, 0.2) is 42.6 Å². The monoisotopic (exact) mass is 402 g/mol. The Bertz CT molecular complexity index is 827. The molecule has 1 atom stereocenters. The molecule has 1 fully saturated rings. The number of aromatic nitrogens is 1. The van der Waals surface area contributed by atoms with Gasteiger partial charge in [-0.3, -0.25) is 9.78 Å². The van der Waals surface area contributed by atoms with Gasteiger partial charge in [0, 0.05) is 24.1 Å². The lowest BCUT2D eigenvalue weighted by atomic mass is 10.0. The standard InChI is InChI=1S/C19H16F6N2O/c20-18(21,22)12-4-7-15(8-5-12)27-9-1-2-16(27)17(28)10-14-6-3-13(11-26-14)19(23,24)25/h3-8,11,16H,1-2,9-10H2/t16-/m0/s1. The van der Waals surface area contributed by atoms with E-state index < -0.39 is 29.5 Å². The maximum absolute atomic E-state index is 12.7. The van der Waals surface area contributed by atoms with E-state index in [2.05, 4.69) is 4.98 Å². The molecule has 0 N–H and O–H groups in total. The van der Waals surface area contributed by atoms with Crippen LogP contribution in [0.25, 0.3) is 0 Å². The van der Waals surface area contributed by atoms with Crippen LogP contribution in [0, 0.1) is 0 Å². The molecule has 0 aliphatic carbocycles. The number of halogens is 6. The lowest BCUT2D eigenvalue weighted by Crippen LogP contribution is -2.37. The van der Waals surface area contributed by atoms with Gasteiger partial charge in [-0.15, -0.1) is 0 Å². The number of rotatable bonds is 4. The van der Waals surface area contributed by atoms with Crippen LogP contribution in [-0.4, -0.2) is 23.4 Å². The molecule has 9 heteroatoms. The molecule has 0 bridgehead atoms. The van der Waals surface area contributed by atoms with Crippen molar-refractivity contribution >= 4 is 11.5 Å². The number of nitrogens with zero attached hydrogens (tertiary/aromatic N) is 2. The van der Waals surface area contributed by atoms with Crippen molar-refractivity contribution in [2.24, 2.45) is 0 Å². The minimum atomic E-state index is -4.50. The van der Waals surface area contributed by atoms with Gasteiger partial charge >= 0.3 is 12.4 Å². The van der Waals surface area contributed by atoms with E-state index in [1.165, 1.54) is 12.1 Å². The highest BCUT2D eigenvalue weighted by Gasteiger charge is 2.34. The van der Waals surface area contributed by atoms with E-state index >= 15 is 0 Å². The summed E-state index contributed by atoms with van der Waals surface area (Å²) in [6, 6.07) is 6.08. The molecule has 2 heterocycles. The minimum Gasteiger partial charge on any atom is -0.361 e. The third-order valence-corrected chi connectivity index (χ3v) is 4.66. The van der Waals surface area contributed by atoms with Gasteiger partial charge in [0.15, 0.2) is 5.78 Å². The van der Waals surface area contributed by atoms with Crippen LogP contribution >= 0.6 is 0 Å². The van der Waals surface area contributed by atoms with E-state index in [0.29, 0.717) is 31.3 Å². The van der Waals surface area contributed by atoms with Crippen LogP contribution in [0.5, 0.6) is 0 Å². The average molecular weight is 402 g/mol. The van der Waals surface area contributed by atoms with Gasteiger partial charge in [0.05, 0.1) is 23.6 Å². The second kappa shape index (κ2) is 7.44. The Morgan fingerprint density at radius 3 is 2.11 bits per heavy atom. The number of benzene rings is 1. The van der Waals surface area contributed by atoms with Crippen molar-refractivity contribution < 1.29 is 31.1 Å². The number of carbonyl (C=O) groups is 1. The highest BCUT2D eigenvalue weighted by molar-refractivity contribution is 5.89. The van der Waals surface area contributed by atoms with Crippen LogP contribution in [0.2, 0.25) is 0 Å². The van der Waals surface area contributed by atoms with Gasteiger partial charge in [-0.05, 0) is 49.2 Å². The first-order chi connectivity index (χ1) is 13.1. The quantitative estimate of drug-likeness (QED) is 0.682. The zero-order valence-electron chi connectivity index (χ0n) is 14.5. The van der Waals surface area contributed by atoms with E-state index in [1.807, 2.05) is 0 Å². The summed E-state index contributed by atoms with van der Waals surface area (Å²) in [5.41, 5.74) is -0.940. The Kier molecular flexibility index (Phi) is 5.36. The van der Waals surface area contributed by atoms with Gasteiger partial charge in [0.2, 0.25) is 0 Å². The lowest BCUT2D eigenvalue weighted by Gasteiger charge is -2.26. The number of alkyl halides is 6. The third kappa shape index (κ3) is 4.45. The molecule has 1 saturated heterocycles. The number of carbonyl (C=O) groups excluding carboxylic acids is 1. The molecule has 3 nitrogen and oxygen atoms in total. The zero-order chi connectivity index (χ0) is 20.5. The summed E-state index contributed by atoms with van der Waals surface area (Å²) in [5.74, 6) is -0.232. The van der Waals surface area contributed by atoms with E-state index in [9.17, 15) is 31.1 Å². The second-order valence-electron chi connectivity index (χ2n) is 6.58. The molecule has 1 aromatic carbocycles. The molecule has 1 aliphatic rings. The van der Waals surface area contributed by atoms with Crippen molar-refractivity contribution in [3.05, 3.63) is 59.4 Å². The van der Waals surface area contributed by atoms with E-state index in [4.69, 9.17) is 0 Å². The number of pyridine rings is 1. The summed E-state index contributed by atoms with van der Waals surface area (Å²) in [7, 11) is 0. The predicted octanol–water partition coefficient (Wildman–Crippen LogP) is 4.90. The normalized spacial score (nSPS) is 17.8. The molecule has 0 amide bonds. The highest BCUT2D eigenvalue weighted by Crippen LogP contribution is 2.33. The summed E-state index contributed by atoms with van der Waals surface area (Å²) in [5, 5.41) is 0. The molecule has 150 valence electrons. The second-order valence-corrected chi connectivity index (χ2v) is 6.58. The van der Waals surface area contributed by atoms with Crippen LogP contribution in [0.4, 0.5) is 32.0 Å². The fourth-order valence-corrected chi connectivity index (χ4v) is 3.25. The fourth-order valence-electron chi connectivity index (χ4n) is 3.25. The van der Waals surface area contributed by atoms with Crippen molar-refractivity contribution in [3.63, 3.8) is 0 Å². The molecular weight excluding hydrogens is 386 g/mol. The van der Waals surface area contributed by atoms with Gasteiger partial charge in [-0.25, -0.2) is 0 Å². The molecule has 0 radical (unpaired) electrons. The van der Waals surface area contributed by atoms with Crippen molar-refractivity contribution in [1.29, 1.82) is 0 Å². The predicted molar refractivity (Wildman–Crippen MR) is 89.8 cm³/mol. The summed E-state index contributed by atoms with van der Waals surface area (Å²) in [6.07, 6.45) is -7.17. The lowest BCUT2D eigenvalue weighted by molar-refractivity contribution is -0.138. The van der Waals surface area contributed by atoms with Gasteiger partial charge in [0.1, 0.15) is 0 Å². The molecule has 1 aromatic heterocycles. The summed E-state index contributed by atoms with van der Waals surface area (Å²) >= 11 is 0. The number of Topliss-reactive ketones (excluding diaryl/α,β-unsaturated/α-hetero) is 1. The Labute approximate surface area is 157 Å². The first-order valence-electron chi connectivity index (χ1n) is 8.54. The van der Waals surface area contributed by atoms with Crippen LogP contribution in [0.3, 0.4) is 0 Å². The van der Waals surface area contributed by atoms with Crippen LogP contribution in [0.1, 0.15) is 29.7 Å². The Hall–Kier alpha value is -2.58. The highest BCUT2D eigenvalue weighted by atomic mass is 19.4.